The minimum absolute atomic E-state index is 0.0457. The number of hydrogen-bond acceptors (Lipinski definition) is 5. The molecule has 2 aliphatic rings. The third kappa shape index (κ3) is 3.75. The molecule has 144 valence electrons. The van der Waals surface area contributed by atoms with Crippen LogP contribution in [0.4, 0.5) is 10.5 Å². The number of nitrogens with zero attached hydrogens (tertiary/aromatic N) is 4. The Morgan fingerprint density at radius 2 is 1.96 bits per heavy atom. The van der Waals surface area contributed by atoms with E-state index < -0.39 is 5.60 Å². The number of anilines is 1. The zero-order valence-corrected chi connectivity index (χ0v) is 16.0. The van der Waals surface area contributed by atoms with Crippen molar-refractivity contribution in [3.63, 3.8) is 0 Å². The second-order valence-electron chi connectivity index (χ2n) is 8.18. The van der Waals surface area contributed by atoms with E-state index in [1.165, 1.54) is 0 Å². The first kappa shape index (κ1) is 17.8. The van der Waals surface area contributed by atoms with E-state index in [2.05, 4.69) is 21.4 Å². The van der Waals surface area contributed by atoms with Crippen LogP contribution in [0, 0.1) is 0 Å². The molecule has 1 saturated heterocycles. The van der Waals surface area contributed by atoms with Crippen LogP contribution in [0.1, 0.15) is 26.3 Å². The number of rotatable bonds is 2. The van der Waals surface area contributed by atoms with Gasteiger partial charge in [-0.15, -0.1) is 0 Å². The van der Waals surface area contributed by atoms with Crippen LogP contribution in [0.15, 0.2) is 18.3 Å². The van der Waals surface area contributed by atoms with E-state index in [4.69, 9.17) is 4.74 Å². The van der Waals surface area contributed by atoms with Crippen LogP contribution in [0.2, 0.25) is 0 Å². The van der Waals surface area contributed by atoms with Crippen molar-refractivity contribution in [1.29, 1.82) is 0 Å². The first-order valence-electron chi connectivity index (χ1n) is 9.27. The topological polar surface area (TPSA) is 79.7 Å². The fourth-order valence-electron chi connectivity index (χ4n) is 3.60. The molecule has 2 aliphatic heterocycles. The van der Waals surface area contributed by atoms with Crippen LogP contribution in [0.25, 0.3) is 10.9 Å². The number of aromatic nitrogens is 2. The molecule has 0 unspecified atom stereocenters. The third-order valence-electron chi connectivity index (χ3n) is 4.79. The van der Waals surface area contributed by atoms with Crippen molar-refractivity contribution in [2.24, 2.45) is 0 Å². The molecule has 1 N–H and O–H groups in total. The lowest BCUT2D eigenvalue weighted by atomic mass is 10.1. The van der Waals surface area contributed by atoms with Crippen molar-refractivity contribution in [2.75, 3.05) is 31.5 Å². The van der Waals surface area contributed by atoms with Gasteiger partial charge in [0.05, 0.1) is 17.4 Å². The van der Waals surface area contributed by atoms with E-state index in [0.29, 0.717) is 13.1 Å². The lowest BCUT2D eigenvalue weighted by Gasteiger charge is -2.35. The summed E-state index contributed by atoms with van der Waals surface area (Å²) < 4.78 is 7.19. The molecule has 0 radical (unpaired) electrons. The molecule has 2 aromatic rings. The third-order valence-corrected chi connectivity index (χ3v) is 4.79. The summed E-state index contributed by atoms with van der Waals surface area (Å²) in [6, 6.07) is 4.15. The van der Waals surface area contributed by atoms with Gasteiger partial charge in [-0.05, 0) is 38.5 Å². The summed E-state index contributed by atoms with van der Waals surface area (Å²) in [4.78, 5) is 28.1. The molecule has 0 atom stereocenters. The summed E-state index contributed by atoms with van der Waals surface area (Å²) in [5, 5.41) is 8.29. The largest absolute Gasteiger partial charge is 0.444 e. The second-order valence-corrected chi connectivity index (χ2v) is 8.18. The molecular weight excluding hydrogens is 346 g/mol. The lowest BCUT2D eigenvalue weighted by Crippen LogP contribution is -2.49. The molecule has 2 amide bonds. The van der Waals surface area contributed by atoms with Gasteiger partial charge >= 0.3 is 6.09 Å². The van der Waals surface area contributed by atoms with Gasteiger partial charge in [0.15, 0.2) is 0 Å². The van der Waals surface area contributed by atoms with Crippen LogP contribution in [-0.2, 0) is 22.6 Å². The number of carbonyl (C=O) groups is 2. The van der Waals surface area contributed by atoms with Crippen molar-refractivity contribution in [2.45, 2.75) is 39.5 Å². The van der Waals surface area contributed by atoms with E-state index in [9.17, 15) is 9.59 Å². The molecule has 4 rings (SSSR count). The Bertz CT molecular complexity index is 891. The van der Waals surface area contributed by atoms with Gasteiger partial charge in [0.25, 0.3) is 0 Å². The SMILES string of the molecule is CC(C)(C)OC(=O)N1CCN(Cc2cc3c4c(cnn4CC(=O)N3)c2)CC1. The number of nitrogens with one attached hydrogen (secondary N) is 1. The highest BCUT2D eigenvalue weighted by atomic mass is 16.6. The normalized spacial score (nSPS) is 17.9. The van der Waals surface area contributed by atoms with Crippen molar-refractivity contribution in [3.8, 4) is 0 Å². The summed E-state index contributed by atoms with van der Waals surface area (Å²) in [5.41, 5.74) is 2.46. The maximum atomic E-state index is 12.2. The molecule has 0 bridgehead atoms. The Labute approximate surface area is 158 Å². The summed E-state index contributed by atoms with van der Waals surface area (Å²) in [5.74, 6) is -0.0457. The van der Waals surface area contributed by atoms with Gasteiger partial charge in [-0.1, -0.05) is 0 Å². The van der Waals surface area contributed by atoms with Crippen molar-refractivity contribution >= 4 is 28.6 Å². The summed E-state index contributed by atoms with van der Waals surface area (Å²) in [6.07, 6.45) is 1.56. The van der Waals surface area contributed by atoms with E-state index in [-0.39, 0.29) is 18.5 Å². The number of piperazine rings is 1. The van der Waals surface area contributed by atoms with Crippen LogP contribution < -0.4 is 5.32 Å². The predicted octanol–water partition coefficient (Wildman–Crippen LogP) is 2.04. The second kappa shape index (κ2) is 6.53. The van der Waals surface area contributed by atoms with Crippen molar-refractivity contribution in [3.05, 3.63) is 23.9 Å². The zero-order valence-electron chi connectivity index (χ0n) is 16.0. The summed E-state index contributed by atoms with van der Waals surface area (Å²) in [6.45, 7) is 9.56. The molecule has 27 heavy (non-hydrogen) atoms. The van der Waals surface area contributed by atoms with Crippen LogP contribution in [-0.4, -0.2) is 63.4 Å². The predicted molar refractivity (Wildman–Crippen MR) is 101 cm³/mol. The summed E-state index contributed by atoms with van der Waals surface area (Å²) >= 11 is 0. The summed E-state index contributed by atoms with van der Waals surface area (Å²) in [7, 11) is 0. The fourth-order valence-corrected chi connectivity index (χ4v) is 3.60. The molecule has 1 aromatic carbocycles. The maximum Gasteiger partial charge on any atom is 0.410 e. The van der Waals surface area contributed by atoms with Crippen molar-refractivity contribution in [1.82, 2.24) is 19.6 Å². The Morgan fingerprint density at radius 1 is 1.22 bits per heavy atom. The minimum Gasteiger partial charge on any atom is -0.444 e. The first-order valence-corrected chi connectivity index (χ1v) is 9.27. The molecule has 1 fully saturated rings. The van der Waals surface area contributed by atoms with Crippen LogP contribution in [0.5, 0.6) is 0 Å². The molecule has 1 aromatic heterocycles. The molecule has 8 heteroatoms. The first-order chi connectivity index (χ1) is 12.8. The molecular formula is C19H25N5O3. The fraction of sp³-hybridized carbons (Fsp3) is 0.526. The molecule has 3 heterocycles. The van der Waals surface area contributed by atoms with Gasteiger partial charge in [-0.2, -0.15) is 5.10 Å². The van der Waals surface area contributed by atoms with Gasteiger partial charge in [0.2, 0.25) is 5.91 Å². The quantitative estimate of drug-likeness (QED) is 0.874. The molecule has 0 saturated carbocycles. The highest BCUT2D eigenvalue weighted by molar-refractivity contribution is 6.04. The van der Waals surface area contributed by atoms with Gasteiger partial charge in [-0.25, -0.2) is 4.79 Å². The average Bonchev–Trinajstić information content (AvgIpc) is 2.97. The van der Waals surface area contributed by atoms with Crippen molar-refractivity contribution < 1.29 is 14.3 Å². The number of benzene rings is 1. The van der Waals surface area contributed by atoms with E-state index in [1.54, 1.807) is 9.58 Å². The standard InChI is InChI=1S/C19H25N5O3/c1-19(2,3)27-18(26)23-6-4-22(5-7-23)11-13-8-14-10-20-24-12-16(25)21-15(9-13)17(14)24/h8-10H,4-7,11-12H2,1-3H3,(H,21,25). The lowest BCUT2D eigenvalue weighted by molar-refractivity contribution is -0.117. The molecule has 8 nitrogen and oxygen atoms in total. The Morgan fingerprint density at radius 3 is 2.67 bits per heavy atom. The van der Waals surface area contributed by atoms with E-state index in [0.717, 1.165) is 41.8 Å². The van der Waals surface area contributed by atoms with E-state index in [1.807, 2.05) is 33.0 Å². The number of ether oxygens (including phenoxy) is 1. The highest BCUT2D eigenvalue weighted by Crippen LogP contribution is 2.29. The Hall–Kier alpha value is -2.61. The Balaban J connectivity index is 1.41. The average molecular weight is 371 g/mol. The molecule has 0 spiro atoms. The maximum absolute atomic E-state index is 12.2. The Kier molecular flexibility index (Phi) is 4.30. The van der Waals surface area contributed by atoms with Gasteiger partial charge < -0.3 is 15.0 Å². The number of amides is 2. The van der Waals surface area contributed by atoms with Crippen LogP contribution >= 0.6 is 0 Å². The smallest absolute Gasteiger partial charge is 0.410 e. The monoisotopic (exact) mass is 371 g/mol. The van der Waals surface area contributed by atoms with E-state index >= 15 is 0 Å². The zero-order chi connectivity index (χ0) is 19.2. The number of hydrogen-bond donors (Lipinski definition) is 1. The minimum atomic E-state index is -0.472. The highest BCUT2D eigenvalue weighted by Gasteiger charge is 2.26. The molecule has 0 aliphatic carbocycles. The van der Waals surface area contributed by atoms with Crippen LogP contribution in [0.3, 0.4) is 0 Å². The number of carbonyl (C=O) groups excluding carboxylic acids is 2. The van der Waals surface area contributed by atoms with Gasteiger partial charge in [-0.3, -0.25) is 14.4 Å². The van der Waals surface area contributed by atoms with Gasteiger partial charge in [0.1, 0.15) is 12.1 Å². The van der Waals surface area contributed by atoms with Gasteiger partial charge in [0, 0.05) is 38.1 Å².